The Bertz CT molecular complexity index is 792. The van der Waals surface area contributed by atoms with E-state index in [0.717, 1.165) is 19.4 Å². The maximum atomic E-state index is 13.2. The number of halogens is 4. The fraction of sp³-hybridized carbons (Fsp3) is 0.611. The summed E-state index contributed by atoms with van der Waals surface area (Å²) in [6, 6.07) is 0. The Labute approximate surface area is 172 Å². The van der Waals surface area contributed by atoms with Gasteiger partial charge in [0.15, 0.2) is 5.69 Å². The van der Waals surface area contributed by atoms with E-state index in [9.17, 15) is 13.2 Å². The van der Waals surface area contributed by atoms with Crippen molar-refractivity contribution in [3.63, 3.8) is 0 Å². The van der Waals surface area contributed by atoms with Crippen molar-refractivity contribution in [3.05, 3.63) is 23.1 Å². The lowest BCUT2D eigenvalue weighted by Gasteiger charge is -2.15. The molecule has 2 aromatic rings. The number of aliphatic hydroxyl groups excluding tert-OH is 1. The smallest absolute Gasteiger partial charge is 0.391 e. The Morgan fingerprint density at radius 1 is 1.41 bits per heavy atom. The maximum Gasteiger partial charge on any atom is 0.435 e. The van der Waals surface area contributed by atoms with E-state index in [-0.39, 0.29) is 28.3 Å². The summed E-state index contributed by atoms with van der Waals surface area (Å²) in [5, 5.41) is 12.4. The minimum Gasteiger partial charge on any atom is -0.391 e. The van der Waals surface area contributed by atoms with E-state index in [1.54, 1.807) is 0 Å². The number of nitrogens with zero attached hydrogens (tertiary/aromatic N) is 4. The van der Waals surface area contributed by atoms with Gasteiger partial charge in [0.1, 0.15) is 0 Å². The SMILES string of the molecule is CC(C)CCn1cc(-c2nc(N)ncc2Cl)c(C(F)(F)F)n1.OC1CCCOC1. The van der Waals surface area contributed by atoms with E-state index >= 15 is 0 Å². The zero-order chi connectivity index (χ0) is 21.6. The second-order valence-corrected chi connectivity index (χ2v) is 7.54. The monoisotopic (exact) mass is 435 g/mol. The Hall–Kier alpha value is -1.91. The molecular formula is C18H25ClF3N5O2. The molecule has 1 saturated heterocycles. The van der Waals surface area contributed by atoms with Crippen molar-refractivity contribution in [2.75, 3.05) is 18.9 Å². The van der Waals surface area contributed by atoms with Crippen LogP contribution in [0.25, 0.3) is 11.3 Å². The first-order valence-corrected chi connectivity index (χ1v) is 9.64. The van der Waals surface area contributed by atoms with E-state index in [1.165, 1.54) is 17.1 Å². The number of nitrogens with two attached hydrogens (primary N) is 1. The molecule has 0 saturated carbocycles. The van der Waals surface area contributed by atoms with Crippen molar-refractivity contribution in [1.82, 2.24) is 19.7 Å². The van der Waals surface area contributed by atoms with Crippen LogP contribution in [0.15, 0.2) is 12.4 Å². The van der Waals surface area contributed by atoms with Gasteiger partial charge in [-0.3, -0.25) is 4.68 Å². The van der Waals surface area contributed by atoms with Gasteiger partial charge >= 0.3 is 6.18 Å². The zero-order valence-corrected chi connectivity index (χ0v) is 17.0. The van der Waals surface area contributed by atoms with Gasteiger partial charge in [0, 0.05) is 19.3 Å². The zero-order valence-electron chi connectivity index (χ0n) is 16.3. The molecule has 11 heteroatoms. The maximum absolute atomic E-state index is 13.2. The average molecular weight is 436 g/mol. The molecule has 7 nitrogen and oxygen atoms in total. The van der Waals surface area contributed by atoms with Crippen LogP contribution in [-0.4, -0.2) is 44.2 Å². The first-order chi connectivity index (χ1) is 13.6. The first kappa shape index (κ1) is 23.4. The topological polar surface area (TPSA) is 99.1 Å². The molecule has 0 aromatic carbocycles. The number of alkyl halides is 3. The van der Waals surface area contributed by atoms with Crippen LogP contribution in [0.1, 0.15) is 38.8 Å². The van der Waals surface area contributed by atoms with E-state index < -0.39 is 11.9 Å². The lowest BCUT2D eigenvalue weighted by Crippen LogP contribution is -2.21. The van der Waals surface area contributed by atoms with Gasteiger partial charge in [-0.2, -0.15) is 18.3 Å². The molecule has 1 unspecified atom stereocenters. The summed E-state index contributed by atoms with van der Waals surface area (Å²) >= 11 is 5.90. The van der Waals surface area contributed by atoms with E-state index in [2.05, 4.69) is 15.1 Å². The van der Waals surface area contributed by atoms with Crippen molar-refractivity contribution in [1.29, 1.82) is 0 Å². The molecule has 2 aromatic heterocycles. The van der Waals surface area contributed by atoms with Gasteiger partial charge in [-0.1, -0.05) is 25.4 Å². The molecule has 0 aliphatic carbocycles. The largest absolute Gasteiger partial charge is 0.435 e. The van der Waals surface area contributed by atoms with Gasteiger partial charge in [0.2, 0.25) is 5.95 Å². The van der Waals surface area contributed by atoms with Crippen LogP contribution in [0.2, 0.25) is 5.02 Å². The van der Waals surface area contributed by atoms with Crippen molar-refractivity contribution < 1.29 is 23.0 Å². The minimum absolute atomic E-state index is 0.0110. The molecule has 3 rings (SSSR count). The summed E-state index contributed by atoms with van der Waals surface area (Å²) in [5.41, 5.74) is 4.14. The number of hydrogen-bond acceptors (Lipinski definition) is 6. The predicted molar refractivity (Wildman–Crippen MR) is 103 cm³/mol. The Morgan fingerprint density at radius 2 is 2.14 bits per heavy atom. The van der Waals surface area contributed by atoms with Gasteiger partial charge < -0.3 is 15.6 Å². The summed E-state index contributed by atoms with van der Waals surface area (Å²) in [5.74, 6) is 0.197. The third-order valence-electron chi connectivity index (χ3n) is 4.12. The van der Waals surface area contributed by atoms with Crippen LogP contribution in [-0.2, 0) is 17.5 Å². The molecule has 0 amide bonds. The predicted octanol–water partition coefficient (Wildman–Crippen LogP) is 3.80. The van der Waals surface area contributed by atoms with Gasteiger partial charge in [-0.05, 0) is 25.2 Å². The highest BCUT2D eigenvalue weighted by Gasteiger charge is 2.38. The number of ether oxygens (including phenoxy) is 1. The fourth-order valence-electron chi connectivity index (χ4n) is 2.60. The Kier molecular flexibility index (Phi) is 8.23. The van der Waals surface area contributed by atoms with E-state index in [4.69, 9.17) is 27.2 Å². The van der Waals surface area contributed by atoms with Crippen LogP contribution < -0.4 is 5.73 Å². The van der Waals surface area contributed by atoms with E-state index in [0.29, 0.717) is 25.5 Å². The number of hydrogen-bond donors (Lipinski definition) is 2. The number of anilines is 1. The highest BCUT2D eigenvalue weighted by Crippen LogP contribution is 2.37. The number of aliphatic hydroxyl groups is 1. The molecule has 3 heterocycles. The molecule has 162 valence electrons. The quantitative estimate of drug-likeness (QED) is 0.757. The lowest BCUT2D eigenvalue weighted by atomic mass is 10.1. The molecule has 1 aliphatic rings. The van der Waals surface area contributed by atoms with Crippen LogP contribution >= 0.6 is 11.6 Å². The van der Waals surface area contributed by atoms with Crippen molar-refractivity contribution in [2.45, 2.75) is 51.9 Å². The van der Waals surface area contributed by atoms with Crippen molar-refractivity contribution in [3.8, 4) is 11.3 Å². The minimum atomic E-state index is -4.61. The number of rotatable bonds is 4. The highest BCUT2D eigenvalue weighted by atomic mass is 35.5. The second-order valence-electron chi connectivity index (χ2n) is 7.13. The Morgan fingerprint density at radius 3 is 2.66 bits per heavy atom. The Balaban J connectivity index is 0.000000360. The van der Waals surface area contributed by atoms with Crippen LogP contribution in [0, 0.1) is 5.92 Å². The van der Waals surface area contributed by atoms with Gasteiger partial charge in [-0.15, -0.1) is 0 Å². The molecule has 1 aliphatic heterocycles. The third kappa shape index (κ3) is 7.13. The van der Waals surface area contributed by atoms with Crippen LogP contribution in [0.3, 0.4) is 0 Å². The summed E-state index contributed by atoms with van der Waals surface area (Å²) in [6.45, 7) is 5.71. The normalized spacial score (nSPS) is 17.2. The molecular weight excluding hydrogens is 411 g/mol. The van der Waals surface area contributed by atoms with Crippen LogP contribution in [0.5, 0.6) is 0 Å². The standard InChI is InChI=1S/C13H15ClF3N5.C5H10O2/c1-7(2)3-4-22-6-8(11(21-22)13(15,16)17)10-9(14)5-19-12(18)20-10;6-5-2-1-3-7-4-5/h5-7H,3-4H2,1-2H3,(H2,18,19,20);5-6H,1-4H2. The molecule has 0 spiro atoms. The lowest BCUT2D eigenvalue weighted by molar-refractivity contribution is -0.141. The van der Waals surface area contributed by atoms with Crippen LogP contribution in [0.4, 0.5) is 19.1 Å². The summed E-state index contributed by atoms with van der Waals surface area (Å²) < 4.78 is 45.7. The fourth-order valence-corrected chi connectivity index (χ4v) is 2.80. The first-order valence-electron chi connectivity index (χ1n) is 9.26. The van der Waals surface area contributed by atoms with Gasteiger partial charge in [-0.25, -0.2) is 9.97 Å². The average Bonchev–Trinajstić information content (AvgIpc) is 3.08. The molecule has 1 atom stereocenters. The highest BCUT2D eigenvalue weighted by molar-refractivity contribution is 6.32. The summed E-state index contributed by atoms with van der Waals surface area (Å²) in [6.07, 6.45) is 0.304. The summed E-state index contributed by atoms with van der Waals surface area (Å²) in [4.78, 5) is 7.46. The number of nitrogen functional groups attached to an aromatic ring is 1. The molecule has 0 bridgehead atoms. The van der Waals surface area contributed by atoms with Gasteiger partial charge in [0.25, 0.3) is 0 Å². The third-order valence-corrected chi connectivity index (χ3v) is 4.40. The molecule has 3 N–H and O–H groups in total. The second kappa shape index (κ2) is 10.2. The summed E-state index contributed by atoms with van der Waals surface area (Å²) in [7, 11) is 0. The number of aromatic nitrogens is 4. The molecule has 0 radical (unpaired) electrons. The molecule has 1 fully saturated rings. The van der Waals surface area contributed by atoms with Gasteiger partial charge in [0.05, 0.1) is 35.2 Å². The number of aryl methyl sites for hydroxylation is 1. The molecule has 29 heavy (non-hydrogen) atoms. The van der Waals surface area contributed by atoms with E-state index in [1.807, 2.05) is 13.8 Å². The van der Waals surface area contributed by atoms with Crippen molar-refractivity contribution in [2.24, 2.45) is 5.92 Å². The van der Waals surface area contributed by atoms with Crippen molar-refractivity contribution >= 4 is 17.5 Å².